The molecule has 0 bridgehead atoms. The highest BCUT2D eigenvalue weighted by Gasteiger charge is 2.14. The van der Waals surface area contributed by atoms with Crippen molar-refractivity contribution in [1.29, 1.82) is 0 Å². The van der Waals surface area contributed by atoms with Crippen LogP contribution < -0.4 is 5.32 Å². The Labute approximate surface area is 98.5 Å². The fourth-order valence-corrected chi connectivity index (χ4v) is 2.67. The Kier molecular flexibility index (Phi) is 3.87. The van der Waals surface area contributed by atoms with Crippen molar-refractivity contribution in [3.63, 3.8) is 0 Å². The molecule has 0 unspecified atom stereocenters. The second-order valence-corrected chi connectivity index (χ2v) is 4.60. The van der Waals surface area contributed by atoms with Crippen molar-refractivity contribution in [1.82, 2.24) is 5.32 Å². The number of nitrogens with one attached hydrogen (secondary N) is 1. The fraction of sp³-hybridized carbons (Fsp3) is 0.250. The molecule has 0 aliphatic heterocycles. The van der Waals surface area contributed by atoms with E-state index in [0.717, 1.165) is 9.13 Å². The lowest BCUT2D eigenvalue weighted by atomic mass is 10.3. The first-order valence-electron chi connectivity index (χ1n) is 3.76. The van der Waals surface area contributed by atoms with Gasteiger partial charge in [-0.1, -0.05) is 0 Å². The van der Waals surface area contributed by atoms with E-state index in [4.69, 9.17) is 5.11 Å². The van der Waals surface area contributed by atoms with Gasteiger partial charge in [-0.05, 0) is 40.5 Å². The van der Waals surface area contributed by atoms with Gasteiger partial charge in [0.25, 0.3) is 5.91 Å². The molecule has 0 fully saturated rings. The number of halogens is 1. The molecule has 0 aliphatic rings. The highest BCUT2D eigenvalue weighted by atomic mass is 127. The minimum absolute atomic E-state index is 0.324. The minimum Gasteiger partial charge on any atom is -0.480 e. The SMILES string of the molecule is Cc1csc(C(=O)NCC(=O)O)c1I. The predicted molar refractivity (Wildman–Crippen MR) is 61.7 cm³/mol. The van der Waals surface area contributed by atoms with Crippen LogP contribution in [0.1, 0.15) is 15.2 Å². The lowest BCUT2D eigenvalue weighted by molar-refractivity contribution is -0.135. The van der Waals surface area contributed by atoms with Gasteiger partial charge in [-0.3, -0.25) is 9.59 Å². The average Bonchev–Trinajstić information content (AvgIpc) is 2.44. The molecule has 0 aliphatic carbocycles. The van der Waals surface area contributed by atoms with E-state index in [-0.39, 0.29) is 12.5 Å². The number of hydrogen-bond donors (Lipinski definition) is 2. The van der Waals surface area contributed by atoms with Crippen LogP contribution >= 0.6 is 33.9 Å². The molecule has 0 spiro atoms. The summed E-state index contributed by atoms with van der Waals surface area (Å²) in [5.41, 5.74) is 1.04. The molecule has 0 aromatic carbocycles. The van der Waals surface area contributed by atoms with Crippen LogP contribution in [0.4, 0.5) is 0 Å². The molecule has 0 saturated carbocycles. The van der Waals surface area contributed by atoms with E-state index < -0.39 is 5.97 Å². The molecule has 1 amide bonds. The standard InChI is InChI=1S/C8H8INO3S/c1-4-3-14-7(6(4)9)8(13)10-2-5(11)12/h3H,2H2,1H3,(H,10,13)(H,11,12). The summed E-state index contributed by atoms with van der Waals surface area (Å²) in [6, 6.07) is 0. The number of thiophene rings is 1. The van der Waals surface area contributed by atoms with Gasteiger partial charge in [0, 0.05) is 3.57 Å². The molecule has 1 aromatic heterocycles. The van der Waals surface area contributed by atoms with Crippen molar-refractivity contribution in [2.75, 3.05) is 6.54 Å². The van der Waals surface area contributed by atoms with Crippen molar-refractivity contribution in [3.05, 3.63) is 19.4 Å². The monoisotopic (exact) mass is 325 g/mol. The van der Waals surface area contributed by atoms with Crippen LogP contribution in [-0.4, -0.2) is 23.5 Å². The molecule has 2 N–H and O–H groups in total. The Hall–Kier alpha value is -0.630. The molecular formula is C8H8INO3S. The van der Waals surface area contributed by atoms with E-state index in [0.29, 0.717) is 4.88 Å². The van der Waals surface area contributed by atoms with E-state index in [1.54, 1.807) is 0 Å². The van der Waals surface area contributed by atoms with Crippen LogP contribution in [0.25, 0.3) is 0 Å². The number of aryl methyl sites for hydroxylation is 1. The summed E-state index contributed by atoms with van der Waals surface area (Å²) >= 11 is 3.40. The zero-order chi connectivity index (χ0) is 10.7. The van der Waals surface area contributed by atoms with Gasteiger partial charge in [0.05, 0.1) is 0 Å². The maximum atomic E-state index is 11.4. The Morgan fingerprint density at radius 1 is 1.64 bits per heavy atom. The van der Waals surface area contributed by atoms with Crippen molar-refractivity contribution >= 4 is 45.8 Å². The summed E-state index contributed by atoms with van der Waals surface area (Å²) in [5.74, 6) is -1.36. The second-order valence-electron chi connectivity index (χ2n) is 2.64. The van der Waals surface area contributed by atoms with Crippen molar-refractivity contribution < 1.29 is 14.7 Å². The largest absolute Gasteiger partial charge is 0.480 e. The van der Waals surface area contributed by atoms with E-state index in [9.17, 15) is 9.59 Å². The van der Waals surface area contributed by atoms with Crippen LogP contribution in [0.2, 0.25) is 0 Å². The highest BCUT2D eigenvalue weighted by molar-refractivity contribution is 14.1. The zero-order valence-corrected chi connectivity index (χ0v) is 10.3. The minimum atomic E-state index is -1.04. The molecule has 0 radical (unpaired) electrons. The third-order valence-electron chi connectivity index (χ3n) is 1.51. The number of hydrogen-bond acceptors (Lipinski definition) is 3. The van der Waals surface area contributed by atoms with E-state index in [1.807, 2.05) is 12.3 Å². The number of rotatable bonds is 3. The van der Waals surface area contributed by atoms with Gasteiger partial charge in [0.1, 0.15) is 11.4 Å². The summed E-state index contributed by atoms with van der Waals surface area (Å²) in [6.45, 7) is 1.57. The van der Waals surface area contributed by atoms with Gasteiger partial charge in [-0.25, -0.2) is 0 Å². The number of amides is 1. The maximum Gasteiger partial charge on any atom is 0.322 e. The van der Waals surface area contributed by atoms with Crippen LogP contribution in [0.5, 0.6) is 0 Å². The fourth-order valence-electron chi connectivity index (χ4n) is 0.819. The number of carboxylic acids is 1. The van der Waals surface area contributed by atoms with Gasteiger partial charge in [0.2, 0.25) is 0 Å². The normalized spacial score (nSPS) is 9.86. The lowest BCUT2D eigenvalue weighted by Gasteiger charge is -1.99. The molecule has 4 nitrogen and oxygen atoms in total. The lowest BCUT2D eigenvalue weighted by Crippen LogP contribution is -2.29. The van der Waals surface area contributed by atoms with Gasteiger partial charge in [-0.15, -0.1) is 11.3 Å². The molecule has 1 heterocycles. The van der Waals surface area contributed by atoms with Gasteiger partial charge in [0.15, 0.2) is 0 Å². The van der Waals surface area contributed by atoms with Crippen LogP contribution in [-0.2, 0) is 4.79 Å². The third-order valence-corrected chi connectivity index (χ3v) is 4.36. The van der Waals surface area contributed by atoms with Crippen LogP contribution in [0.3, 0.4) is 0 Å². The van der Waals surface area contributed by atoms with Crippen LogP contribution in [0.15, 0.2) is 5.38 Å². The number of carbonyl (C=O) groups excluding carboxylic acids is 1. The number of aliphatic carboxylic acids is 1. The first-order chi connectivity index (χ1) is 6.52. The Morgan fingerprint density at radius 2 is 2.29 bits per heavy atom. The molecule has 0 saturated heterocycles. The summed E-state index contributed by atoms with van der Waals surface area (Å²) < 4.78 is 0.885. The first kappa shape index (κ1) is 11.4. The van der Waals surface area contributed by atoms with E-state index in [1.165, 1.54) is 11.3 Å². The quantitative estimate of drug-likeness (QED) is 0.827. The summed E-state index contributed by atoms with van der Waals surface area (Å²) in [6.07, 6.45) is 0. The van der Waals surface area contributed by atoms with Gasteiger partial charge >= 0.3 is 5.97 Å². The predicted octanol–water partition coefficient (Wildman–Crippen LogP) is 1.48. The van der Waals surface area contributed by atoms with Crippen molar-refractivity contribution in [3.8, 4) is 0 Å². The summed E-state index contributed by atoms with van der Waals surface area (Å²) in [5, 5.41) is 12.6. The zero-order valence-electron chi connectivity index (χ0n) is 7.33. The van der Waals surface area contributed by atoms with Gasteiger partial charge < -0.3 is 10.4 Å². The van der Waals surface area contributed by atoms with E-state index >= 15 is 0 Å². The molecule has 14 heavy (non-hydrogen) atoms. The Balaban J connectivity index is 2.70. The maximum absolute atomic E-state index is 11.4. The highest BCUT2D eigenvalue weighted by Crippen LogP contribution is 2.23. The molecule has 1 rings (SSSR count). The number of carbonyl (C=O) groups is 2. The molecule has 0 atom stereocenters. The average molecular weight is 325 g/mol. The Morgan fingerprint density at radius 3 is 2.71 bits per heavy atom. The Bertz CT molecular complexity index is 375. The van der Waals surface area contributed by atoms with Gasteiger partial charge in [-0.2, -0.15) is 0 Å². The van der Waals surface area contributed by atoms with E-state index in [2.05, 4.69) is 27.9 Å². The third kappa shape index (κ3) is 2.68. The van der Waals surface area contributed by atoms with Crippen molar-refractivity contribution in [2.45, 2.75) is 6.92 Å². The molecule has 1 aromatic rings. The number of carboxylic acid groups (broad SMARTS) is 1. The molecular weight excluding hydrogens is 317 g/mol. The topological polar surface area (TPSA) is 66.4 Å². The van der Waals surface area contributed by atoms with Crippen molar-refractivity contribution in [2.24, 2.45) is 0 Å². The summed E-state index contributed by atoms with van der Waals surface area (Å²) in [7, 11) is 0. The summed E-state index contributed by atoms with van der Waals surface area (Å²) in [4.78, 5) is 22.2. The smallest absolute Gasteiger partial charge is 0.322 e. The second kappa shape index (κ2) is 4.74. The van der Waals surface area contributed by atoms with Crippen LogP contribution in [0, 0.1) is 10.5 Å². The molecule has 76 valence electrons. The first-order valence-corrected chi connectivity index (χ1v) is 5.71. The molecule has 6 heteroatoms.